The Bertz CT molecular complexity index is 735. The number of rotatable bonds is 6. The molecular weight excluding hydrogens is 357 g/mol. The van der Waals surface area contributed by atoms with E-state index in [1.165, 1.54) is 23.9 Å². The molecule has 0 saturated carbocycles. The smallest absolute Gasteiger partial charge is 0.330 e. The van der Waals surface area contributed by atoms with E-state index in [0.717, 1.165) is 0 Å². The third kappa shape index (κ3) is 3.85. The Hall–Kier alpha value is -0.870. The van der Waals surface area contributed by atoms with E-state index in [2.05, 4.69) is 4.98 Å². The summed E-state index contributed by atoms with van der Waals surface area (Å²) in [7, 11) is 1.43. The predicted octanol–water partition coefficient (Wildman–Crippen LogP) is -0.497. The summed E-state index contributed by atoms with van der Waals surface area (Å²) in [4.78, 5) is 35.8. The van der Waals surface area contributed by atoms with Crippen LogP contribution in [0, 0.1) is 0 Å². The van der Waals surface area contributed by atoms with E-state index >= 15 is 0 Å². The maximum atomic E-state index is 12.0. The van der Waals surface area contributed by atoms with Gasteiger partial charge in [0.2, 0.25) is 0 Å². The van der Waals surface area contributed by atoms with Gasteiger partial charge in [0.15, 0.2) is 12.7 Å². The molecule has 1 aromatic heterocycles. The van der Waals surface area contributed by atoms with Gasteiger partial charge in [-0.1, -0.05) is 13.8 Å². The molecule has 2 unspecified atom stereocenters. The van der Waals surface area contributed by atoms with Gasteiger partial charge < -0.3 is 24.6 Å². The van der Waals surface area contributed by atoms with Crippen molar-refractivity contribution < 1.29 is 18.9 Å². The summed E-state index contributed by atoms with van der Waals surface area (Å²) in [6.45, 7) is 0.537. The van der Waals surface area contributed by atoms with E-state index in [0.29, 0.717) is 0 Å². The summed E-state index contributed by atoms with van der Waals surface area (Å²) in [5, 5.41) is 0. The molecule has 24 heavy (non-hydrogen) atoms. The van der Waals surface area contributed by atoms with E-state index in [1.807, 2.05) is 0 Å². The molecule has 0 spiro atoms. The molecule has 1 aliphatic rings. The number of nitrogens with zero attached hydrogens (tertiary/aromatic N) is 1. The van der Waals surface area contributed by atoms with Crippen LogP contribution in [-0.2, 0) is 25.8 Å². The normalized spacial score (nSPS) is 29.8. The molecular formula is C13H22N3O6PS. The van der Waals surface area contributed by atoms with Crippen molar-refractivity contribution >= 4 is 18.3 Å². The number of hydrogen-bond acceptors (Lipinski definition) is 7. The van der Waals surface area contributed by atoms with Gasteiger partial charge in [-0.25, -0.2) is 4.79 Å². The fraction of sp³-hybridized carbons (Fsp3) is 0.692. The highest BCUT2D eigenvalue weighted by Crippen LogP contribution is 2.51. The number of H-pyrrole nitrogens is 1. The zero-order valence-electron chi connectivity index (χ0n) is 13.6. The number of aromatic nitrogens is 2. The van der Waals surface area contributed by atoms with Crippen molar-refractivity contribution in [3.8, 4) is 0 Å². The first kappa shape index (κ1) is 19.5. The van der Waals surface area contributed by atoms with Crippen molar-refractivity contribution in [2.75, 3.05) is 13.7 Å². The first-order valence-electron chi connectivity index (χ1n) is 7.42. The van der Waals surface area contributed by atoms with Crippen molar-refractivity contribution in [3.63, 3.8) is 0 Å². The number of nitrogens with two attached hydrogens (primary N) is 1. The van der Waals surface area contributed by atoms with Crippen LogP contribution in [0.2, 0.25) is 0 Å². The zero-order chi connectivity index (χ0) is 18.1. The SMILES string of the molecule is COC1[C@@H](OP(O)(=S)C(C)C)[C@@H](CN)O[C@H]1n1ccc(=O)[nH]c1=O. The molecule has 2 heterocycles. The number of aromatic amines is 1. The fourth-order valence-electron chi connectivity index (χ4n) is 2.42. The van der Waals surface area contributed by atoms with E-state index in [1.54, 1.807) is 13.8 Å². The molecule has 0 radical (unpaired) electrons. The maximum Gasteiger partial charge on any atom is 0.330 e. The van der Waals surface area contributed by atoms with Crippen molar-refractivity contribution in [1.82, 2.24) is 9.55 Å². The lowest BCUT2D eigenvalue weighted by molar-refractivity contribution is -0.0519. The lowest BCUT2D eigenvalue weighted by Crippen LogP contribution is -2.40. The summed E-state index contributed by atoms with van der Waals surface area (Å²) in [5.74, 6) is 0. The summed E-state index contributed by atoms with van der Waals surface area (Å²) < 4.78 is 18.2. The van der Waals surface area contributed by atoms with Gasteiger partial charge in [0, 0.05) is 31.6 Å². The van der Waals surface area contributed by atoms with Gasteiger partial charge in [-0.2, -0.15) is 0 Å². The van der Waals surface area contributed by atoms with Gasteiger partial charge in [-0.15, -0.1) is 0 Å². The maximum absolute atomic E-state index is 12.0. The van der Waals surface area contributed by atoms with Gasteiger partial charge >= 0.3 is 5.69 Å². The molecule has 5 atom stereocenters. The zero-order valence-corrected chi connectivity index (χ0v) is 15.3. The van der Waals surface area contributed by atoms with E-state index in [4.69, 9.17) is 31.5 Å². The standard InChI is InChI=1S/C13H22N3O6PS/c1-7(2)23(19,24)22-10-8(6-14)21-12(11(10)20-3)16-5-4-9(17)15-13(16)18/h4-5,7-8,10-12H,6,14H2,1-3H3,(H,19,24)(H,15,17,18)/t8-,10+,11?,12-,23?/m1/s1. The van der Waals surface area contributed by atoms with Crippen LogP contribution in [0.1, 0.15) is 20.1 Å². The molecule has 0 aliphatic carbocycles. The summed E-state index contributed by atoms with van der Waals surface area (Å²) in [5.41, 5.74) is 4.32. The highest BCUT2D eigenvalue weighted by Gasteiger charge is 2.48. The van der Waals surface area contributed by atoms with Crippen LogP contribution >= 0.6 is 6.49 Å². The van der Waals surface area contributed by atoms with Crippen LogP contribution in [-0.4, -0.2) is 52.1 Å². The van der Waals surface area contributed by atoms with Gasteiger partial charge in [0.25, 0.3) is 5.56 Å². The third-order valence-corrected chi connectivity index (χ3v) is 7.21. The Morgan fingerprint density at radius 2 is 2.17 bits per heavy atom. The first-order chi connectivity index (χ1) is 11.2. The highest BCUT2D eigenvalue weighted by molar-refractivity contribution is 8.09. The predicted molar refractivity (Wildman–Crippen MR) is 91.6 cm³/mol. The molecule has 1 aliphatic heterocycles. The second-order valence-electron chi connectivity index (χ2n) is 5.75. The summed E-state index contributed by atoms with van der Waals surface area (Å²) in [6.07, 6.45) is -1.63. The Kier molecular flexibility index (Phi) is 6.14. The molecule has 0 amide bonds. The van der Waals surface area contributed by atoms with Crippen LogP contribution in [0.3, 0.4) is 0 Å². The molecule has 1 aromatic rings. The van der Waals surface area contributed by atoms with Gasteiger partial charge in [-0.3, -0.25) is 14.3 Å². The van der Waals surface area contributed by atoms with Crippen molar-refractivity contribution in [3.05, 3.63) is 33.1 Å². The number of ether oxygens (including phenoxy) is 2. The third-order valence-electron chi connectivity index (χ3n) is 3.84. The lowest BCUT2D eigenvalue weighted by Gasteiger charge is -2.29. The molecule has 4 N–H and O–H groups in total. The van der Waals surface area contributed by atoms with Gasteiger partial charge in [0.1, 0.15) is 18.3 Å². The minimum atomic E-state index is -3.08. The second-order valence-corrected chi connectivity index (χ2v) is 9.69. The van der Waals surface area contributed by atoms with Crippen LogP contribution in [0.4, 0.5) is 0 Å². The molecule has 2 rings (SSSR count). The Morgan fingerprint density at radius 3 is 2.67 bits per heavy atom. The number of hydrogen-bond donors (Lipinski definition) is 3. The largest absolute Gasteiger partial charge is 0.374 e. The molecule has 1 saturated heterocycles. The Balaban J connectivity index is 2.37. The van der Waals surface area contributed by atoms with Crippen LogP contribution in [0.15, 0.2) is 21.9 Å². The van der Waals surface area contributed by atoms with E-state index in [9.17, 15) is 14.5 Å². The fourth-order valence-corrected chi connectivity index (χ4v) is 3.57. The summed E-state index contributed by atoms with van der Waals surface area (Å²) in [6, 6.07) is 1.20. The monoisotopic (exact) mass is 379 g/mol. The number of methoxy groups -OCH3 is 1. The van der Waals surface area contributed by atoms with Gasteiger partial charge in [0.05, 0.1) is 0 Å². The Morgan fingerprint density at radius 1 is 1.50 bits per heavy atom. The van der Waals surface area contributed by atoms with Crippen molar-refractivity contribution in [1.29, 1.82) is 0 Å². The molecule has 9 nitrogen and oxygen atoms in total. The topological polar surface area (TPSA) is 129 Å². The quantitative estimate of drug-likeness (QED) is 0.565. The van der Waals surface area contributed by atoms with Gasteiger partial charge in [-0.05, 0) is 11.8 Å². The number of nitrogens with one attached hydrogen (secondary N) is 1. The van der Waals surface area contributed by atoms with Crippen LogP contribution in [0.25, 0.3) is 0 Å². The van der Waals surface area contributed by atoms with E-state index < -0.39 is 42.3 Å². The minimum Gasteiger partial charge on any atom is -0.374 e. The molecule has 136 valence electrons. The molecule has 0 bridgehead atoms. The Labute approximate surface area is 143 Å². The van der Waals surface area contributed by atoms with E-state index in [-0.39, 0.29) is 12.2 Å². The average Bonchev–Trinajstić information content (AvgIpc) is 2.83. The first-order valence-corrected chi connectivity index (χ1v) is 10.2. The molecule has 11 heteroatoms. The lowest BCUT2D eigenvalue weighted by atomic mass is 10.1. The summed E-state index contributed by atoms with van der Waals surface area (Å²) >= 11 is 5.18. The average molecular weight is 379 g/mol. The van der Waals surface area contributed by atoms with Crippen molar-refractivity contribution in [2.24, 2.45) is 5.73 Å². The molecule has 0 aromatic carbocycles. The molecule has 1 fully saturated rings. The second kappa shape index (κ2) is 7.57. The van der Waals surface area contributed by atoms with Crippen LogP contribution in [0.5, 0.6) is 0 Å². The minimum absolute atomic E-state index is 0.0898. The van der Waals surface area contributed by atoms with Crippen molar-refractivity contribution in [2.45, 2.75) is 44.0 Å². The van der Waals surface area contributed by atoms with Crippen LogP contribution < -0.4 is 17.0 Å². The highest BCUT2D eigenvalue weighted by atomic mass is 32.5.